The molecule has 1 heterocycles. The van der Waals surface area contributed by atoms with Gasteiger partial charge in [-0.2, -0.15) is 0 Å². The number of nitrogens with zero attached hydrogens (tertiary/aromatic N) is 2. The Hall–Kier alpha value is -2.42. The van der Waals surface area contributed by atoms with Gasteiger partial charge in [-0.15, -0.1) is 0 Å². The van der Waals surface area contributed by atoms with Gasteiger partial charge in [0.2, 0.25) is 0 Å². The summed E-state index contributed by atoms with van der Waals surface area (Å²) in [6.07, 6.45) is 0.908. The Morgan fingerprint density at radius 2 is 1.84 bits per heavy atom. The minimum atomic E-state index is -0.00653. The quantitative estimate of drug-likeness (QED) is 0.753. The van der Waals surface area contributed by atoms with Crippen LogP contribution in [0.15, 0.2) is 53.5 Å². The van der Waals surface area contributed by atoms with E-state index in [1.165, 1.54) is 5.56 Å². The first-order chi connectivity index (χ1) is 9.31. The summed E-state index contributed by atoms with van der Waals surface area (Å²) in [4.78, 5) is 18.4. The average molecular weight is 250 g/mol. The highest BCUT2D eigenvalue weighted by molar-refractivity contribution is 6.10. The van der Waals surface area contributed by atoms with E-state index >= 15 is 0 Å². The molecule has 0 radical (unpaired) electrons. The van der Waals surface area contributed by atoms with Crippen LogP contribution in [0.4, 0.5) is 11.4 Å². The molecule has 0 spiro atoms. The fourth-order valence-electron chi connectivity index (χ4n) is 2.49. The lowest BCUT2D eigenvalue weighted by Crippen LogP contribution is -2.28. The lowest BCUT2D eigenvalue weighted by Gasteiger charge is -2.18. The summed E-state index contributed by atoms with van der Waals surface area (Å²) in [7, 11) is 0. The maximum atomic E-state index is 12.6. The third kappa shape index (κ3) is 1.93. The van der Waals surface area contributed by atoms with Crippen molar-refractivity contribution in [1.82, 2.24) is 0 Å². The van der Waals surface area contributed by atoms with Crippen molar-refractivity contribution in [2.24, 2.45) is 4.99 Å². The molecule has 0 atom stereocenters. The van der Waals surface area contributed by atoms with E-state index in [-0.39, 0.29) is 5.91 Å². The van der Waals surface area contributed by atoms with Gasteiger partial charge in [0.05, 0.1) is 11.3 Å². The SMILES string of the molecule is C=Nc1ccccc1C(=O)N1CCc2ccccc21. The number of hydrogen-bond donors (Lipinski definition) is 0. The molecular weight excluding hydrogens is 236 g/mol. The van der Waals surface area contributed by atoms with Crippen molar-refractivity contribution in [2.45, 2.75) is 6.42 Å². The molecule has 0 saturated heterocycles. The molecule has 2 aromatic carbocycles. The summed E-state index contributed by atoms with van der Waals surface area (Å²) >= 11 is 0. The normalized spacial score (nSPS) is 13.2. The Morgan fingerprint density at radius 1 is 1.11 bits per heavy atom. The van der Waals surface area contributed by atoms with Crippen LogP contribution in [0.5, 0.6) is 0 Å². The molecule has 3 heteroatoms. The maximum absolute atomic E-state index is 12.6. The summed E-state index contributed by atoms with van der Waals surface area (Å²) in [5.74, 6) is -0.00653. The number of benzene rings is 2. The van der Waals surface area contributed by atoms with E-state index in [0.717, 1.165) is 18.7 Å². The highest BCUT2D eigenvalue weighted by Gasteiger charge is 2.26. The van der Waals surface area contributed by atoms with E-state index in [0.29, 0.717) is 11.3 Å². The van der Waals surface area contributed by atoms with E-state index in [2.05, 4.69) is 17.8 Å². The molecule has 2 aromatic rings. The lowest BCUT2D eigenvalue weighted by molar-refractivity contribution is 0.0990. The maximum Gasteiger partial charge on any atom is 0.260 e. The second kappa shape index (κ2) is 4.69. The molecular formula is C16H14N2O. The molecule has 0 unspecified atom stereocenters. The van der Waals surface area contributed by atoms with Crippen LogP contribution in [0.25, 0.3) is 0 Å². The minimum Gasteiger partial charge on any atom is -0.308 e. The molecule has 0 saturated carbocycles. The predicted octanol–water partition coefficient (Wildman–Crippen LogP) is 3.22. The number of aliphatic imine (C=N–C) groups is 1. The van der Waals surface area contributed by atoms with Crippen molar-refractivity contribution in [3.63, 3.8) is 0 Å². The first-order valence-electron chi connectivity index (χ1n) is 6.27. The van der Waals surface area contributed by atoms with E-state index in [4.69, 9.17) is 0 Å². The summed E-state index contributed by atoms with van der Waals surface area (Å²) in [5.41, 5.74) is 3.47. The standard InChI is InChI=1S/C16H14N2O/c1-17-14-8-4-3-7-13(14)16(19)18-11-10-12-6-2-5-9-15(12)18/h2-9H,1,10-11H2. The molecule has 0 bridgehead atoms. The fourth-order valence-corrected chi connectivity index (χ4v) is 2.49. The molecule has 0 aromatic heterocycles. The molecule has 3 nitrogen and oxygen atoms in total. The van der Waals surface area contributed by atoms with Crippen molar-refractivity contribution in [1.29, 1.82) is 0 Å². The highest BCUT2D eigenvalue weighted by atomic mass is 16.2. The zero-order chi connectivity index (χ0) is 13.2. The topological polar surface area (TPSA) is 32.7 Å². The molecule has 19 heavy (non-hydrogen) atoms. The van der Waals surface area contributed by atoms with Gasteiger partial charge in [-0.1, -0.05) is 30.3 Å². The lowest BCUT2D eigenvalue weighted by atomic mass is 10.1. The van der Waals surface area contributed by atoms with Crippen molar-refractivity contribution >= 4 is 24.0 Å². The van der Waals surface area contributed by atoms with Crippen LogP contribution in [0.1, 0.15) is 15.9 Å². The summed E-state index contributed by atoms with van der Waals surface area (Å²) in [5, 5.41) is 0. The summed E-state index contributed by atoms with van der Waals surface area (Å²) in [6.45, 7) is 4.25. The van der Waals surface area contributed by atoms with Crippen molar-refractivity contribution in [3.05, 3.63) is 59.7 Å². The second-order valence-electron chi connectivity index (χ2n) is 4.51. The molecule has 0 fully saturated rings. The van der Waals surface area contributed by atoms with Crippen molar-refractivity contribution in [2.75, 3.05) is 11.4 Å². The second-order valence-corrected chi connectivity index (χ2v) is 4.51. The number of anilines is 1. The third-order valence-corrected chi connectivity index (χ3v) is 3.44. The molecule has 1 aliphatic rings. The molecule has 1 aliphatic heterocycles. The predicted molar refractivity (Wildman–Crippen MR) is 77.5 cm³/mol. The Morgan fingerprint density at radius 3 is 2.68 bits per heavy atom. The zero-order valence-corrected chi connectivity index (χ0v) is 10.5. The van der Waals surface area contributed by atoms with Gasteiger partial charge in [-0.3, -0.25) is 9.79 Å². The largest absolute Gasteiger partial charge is 0.308 e. The number of rotatable bonds is 2. The first kappa shape index (κ1) is 11.7. The number of fused-ring (bicyclic) bond motifs is 1. The van der Waals surface area contributed by atoms with Gasteiger partial charge in [-0.05, 0) is 36.9 Å². The van der Waals surface area contributed by atoms with Crippen LogP contribution in [0.3, 0.4) is 0 Å². The van der Waals surface area contributed by atoms with Gasteiger partial charge >= 0.3 is 0 Å². The average Bonchev–Trinajstić information content (AvgIpc) is 2.90. The fraction of sp³-hybridized carbons (Fsp3) is 0.125. The van der Waals surface area contributed by atoms with Crippen LogP contribution in [0.2, 0.25) is 0 Å². The zero-order valence-electron chi connectivity index (χ0n) is 10.5. The number of amides is 1. The number of carbonyl (C=O) groups excluding carboxylic acids is 1. The van der Waals surface area contributed by atoms with E-state index in [9.17, 15) is 4.79 Å². The van der Waals surface area contributed by atoms with E-state index in [1.54, 1.807) is 6.07 Å². The molecule has 94 valence electrons. The Bertz CT molecular complexity index is 649. The van der Waals surface area contributed by atoms with Gasteiger partial charge in [0.1, 0.15) is 0 Å². The Labute approximate surface area is 112 Å². The van der Waals surface area contributed by atoms with Crippen LogP contribution in [-0.2, 0) is 6.42 Å². The van der Waals surface area contributed by atoms with Gasteiger partial charge in [0.25, 0.3) is 5.91 Å². The van der Waals surface area contributed by atoms with Crippen LogP contribution >= 0.6 is 0 Å². The first-order valence-corrected chi connectivity index (χ1v) is 6.27. The van der Waals surface area contributed by atoms with Gasteiger partial charge < -0.3 is 4.90 Å². The number of hydrogen-bond acceptors (Lipinski definition) is 2. The summed E-state index contributed by atoms with van der Waals surface area (Å²) < 4.78 is 0. The van der Waals surface area contributed by atoms with Gasteiger partial charge in [-0.25, -0.2) is 0 Å². The van der Waals surface area contributed by atoms with E-state index in [1.807, 2.05) is 41.3 Å². The minimum absolute atomic E-state index is 0.00653. The van der Waals surface area contributed by atoms with Gasteiger partial charge in [0, 0.05) is 12.2 Å². The number of para-hydroxylation sites is 2. The highest BCUT2D eigenvalue weighted by Crippen LogP contribution is 2.30. The molecule has 3 rings (SSSR count). The van der Waals surface area contributed by atoms with Gasteiger partial charge in [0.15, 0.2) is 0 Å². The van der Waals surface area contributed by atoms with Crippen LogP contribution in [-0.4, -0.2) is 19.2 Å². The number of carbonyl (C=O) groups is 1. The summed E-state index contributed by atoms with van der Waals surface area (Å²) in [6, 6.07) is 15.3. The molecule has 0 aliphatic carbocycles. The molecule has 1 amide bonds. The third-order valence-electron chi connectivity index (χ3n) is 3.44. The monoisotopic (exact) mass is 250 g/mol. The van der Waals surface area contributed by atoms with Crippen LogP contribution in [0, 0.1) is 0 Å². The van der Waals surface area contributed by atoms with Crippen LogP contribution < -0.4 is 4.90 Å². The Kier molecular flexibility index (Phi) is 2.88. The molecule has 0 N–H and O–H groups in total. The van der Waals surface area contributed by atoms with E-state index < -0.39 is 0 Å². The smallest absolute Gasteiger partial charge is 0.260 e. The Balaban J connectivity index is 2.00. The van der Waals surface area contributed by atoms with Crippen molar-refractivity contribution < 1.29 is 4.79 Å². The van der Waals surface area contributed by atoms with Crippen molar-refractivity contribution in [3.8, 4) is 0 Å².